The Kier molecular flexibility index (Phi) is 3.57. The third-order valence-corrected chi connectivity index (χ3v) is 4.29. The van der Waals surface area contributed by atoms with Crippen LogP contribution in [-0.2, 0) is 7.05 Å². The van der Waals surface area contributed by atoms with Gasteiger partial charge in [-0.2, -0.15) is 11.8 Å². The molecule has 3 nitrogen and oxygen atoms in total. The Hall–Kier alpha value is -0.640. The first-order valence-electron chi connectivity index (χ1n) is 5.66. The van der Waals surface area contributed by atoms with E-state index in [0.717, 1.165) is 11.2 Å². The Labute approximate surface area is 95.7 Å². The lowest BCUT2D eigenvalue weighted by molar-refractivity contribution is 0.742. The molecule has 2 atom stereocenters. The average molecular weight is 225 g/mol. The zero-order valence-corrected chi connectivity index (χ0v) is 10.3. The molecule has 0 spiro atoms. The molecule has 1 fully saturated rings. The molecule has 0 aromatic carbocycles. The van der Waals surface area contributed by atoms with E-state index in [2.05, 4.69) is 29.0 Å². The first-order chi connectivity index (χ1) is 7.31. The van der Waals surface area contributed by atoms with Gasteiger partial charge in [0.25, 0.3) is 0 Å². The molecule has 1 N–H and O–H groups in total. The van der Waals surface area contributed by atoms with Crippen molar-refractivity contribution in [3.8, 4) is 0 Å². The van der Waals surface area contributed by atoms with E-state index in [1.54, 1.807) is 0 Å². The molecule has 4 heteroatoms. The highest BCUT2D eigenvalue weighted by molar-refractivity contribution is 7.99. The number of rotatable bonds is 4. The van der Waals surface area contributed by atoms with Crippen molar-refractivity contribution in [1.82, 2.24) is 9.55 Å². The van der Waals surface area contributed by atoms with Gasteiger partial charge in [-0.05, 0) is 18.6 Å². The Morgan fingerprint density at radius 2 is 2.47 bits per heavy atom. The SMILES string of the molecule is CCSC1CCCC1Nc1nccn1C. The lowest BCUT2D eigenvalue weighted by atomic mass is 10.2. The molecule has 0 bridgehead atoms. The molecular formula is C11H19N3S. The summed E-state index contributed by atoms with van der Waals surface area (Å²) >= 11 is 2.08. The van der Waals surface area contributed by atoms with Crippen LogP contribution in [0.5, 0.6) is 0 Å². The molecule has 15 heavy (non-hydrogen) atoms. The van der Waals surface area contributed by atoms with Crippen LogP contribution in [0.3, 0.4) is 0 Å². The van der Waals surface area contributed by atoms with Gasteiger partial charge in [-0.1, -0.05) is 13.3 Å². The Balaban J connectivity index is 1.96. The fraction of sp³-hybridized carbons (Fsp3) is 0.727. The van der Waals surface area contributed by atoms with Gasteiger partial charge in [-0.15, -0.1) is 0 Å². The van der Waals surface area contributed by atoms with Crippen LogP contribution in [0.15, 0.2) is 12.4 Å². The molecule has 1 aliphatic carbocycles. The highest BCUT2D eigenvalue weighted by atomic mass is 32.2. The minimum atomic E-state index is 0.607. The van der Waals surface area contributed by atoms with Gasteiger partial charge in [0.05, 0.1) is 0 Å². The standard InChI is InChI=1S/C11H19N3S/c1-3-15-10-6-4-5-9(10)13-11-12-7-8-14(11)2/h7-10H,3-6H2,1-2H3,(H,12,13). The number of imidazole rings is 1. The number of anilines is 1. The molecule has 84 valence electrons. The number of nitrogens with zero attached hydrogens (tertiary/aromatic N) is 2. The quantitative estimate of drug-likeness (QED) is 0.854. The molecule has 1 aromatic rings. The molecule has 1 aromatic heterocycles. The van der Waals surface area contributed by atoms with E-state index in [1.165, 1.54) is 25.0 Å². The van der Waals surface area contributed by atoms with Crippen molar-refractivity contribution < 1.29 is 0 Å². The van der Waals surface area contributed by atoms with E-state index >= 15 is 0 Å². The molecule has 2 unspecified atom stereocenters. The van der Waals surface area contributed by atoms with Crippen molar-refractivity contribution >= 4 is 17.7 Å². The third kappa shape index (κ3) is 2.48. The Morgan fingerprint density at radius 1 is 1.60 bits per heavy atom. The van der Waals surface area contributed by atoms with Gasteiger partial charge >= 0.3 is 0 Å². The van der Waals surface area contributed by atoms with Crippen LogP contribution >= 0.6 is 11.8 Å². The monoisotopic (exact) mass is 225 g/mol. The Morgan fingerprint density at radius 3 is 3.13 bits per heavy atom. The average Bonchev–Trinajstić information content (AvgIpc) is 2.80. The van der Waals surface area contributed by atoms with E-state index in [4.69, 9.17) is 0 Å². The highest BCUT2D eigenvalue weighted by Crippen LogP contribution is 2.31. The van der Waals surface area contributed by atoms with Gasteiger partial charge in [0.1, 0.15) is 0 Å². The zero-order chi connectivity index (χ0) is 10.7. The fourth-order valence-corrected chi connectivity index (χ4v) is 3.37. The van der Waals surface area contributed by atoms with Gasteiger partial charge in [0, 0.05) is 30.7 Å². The Bertz CT molecular complexity index is 311. The van der Waals surface area contributed by atoms with Crippen molar-refractivity contribution in [3.63, 3.8) is 0 Å². The van der Waals surface area contributed by atoms with Crippen molar-refractivity contribution in [2.24, 2.45) is 7.05 Å². The maximum absolute atomic E-state index is 4.32. The highest BCUT2D eigenvalue weighted by Gasteiger charge is 2.27. The summed E-state index contributed by atoms with van der Waals surface area (Å²) in [6.45, 7) is 2.24. The summed E-state index contributed by atoms with van der Waals surface area (Å²) in [6, 6.07) is 0.607. The number of aromatic nitrogens is 2. The predicted octanol–water partition coefficient (Wildman–Crippen LogP) is 2.51. The van der Waals surface area contributed by atoms with Crippen molar-refractivity contribution in [1.29, 1.82) is 0 Å². The summed E-state index contributed by atoms with van der Waals surface area (Å²) < 4.78 is 2.05. The molecule has 0 saturated heterocycles. The topological polar surface area (TPSA) is 29.9 Å². The molecular weight excluding hydrogens is 206 g/mol. The van der Waals surface area contributed by atoms with Gasteiger partial charge in [0.2, 0.25) is 5.95 Å². The van der Waals surface area contributed by atoms with Gasteiger partial charge in [-0.25, -0.2) is 4.98 Å². The number of hydrogen-bond donors (Lipinski definition) is 1. The summed E-state index contributed by atoms with van der Waals surface area (Å²) in [4.78, 5) is 4.32. The smallest absolute Gasteiger partial charge is 0.202 e. The molecule has 0 amide bonds. The number of aryl methyl sites for hydroxylation is 1. The predicted molar refractivity (Wildman–Crippen MR) is 66.4 cm³/mol. The van der Waals surface area contributed by atoms with Crippen LogP contribution in [0.1, 0.15) is 26.2 Å². The minimum Gasteiger partial charge on any atom is -0.352 e. The second-order valence-electron chi connectivity index (χ2n) is 4.04. The number of hydrogen-bond acceptors (Lipinski definition) is 3. The summed E-state index contributed by atoms with van der Waals surface area (Å²) in [6.07, 6.45) is 7.81. The first-order valence-corrected chi connectivity index (χ1v) is 6.71. The lowest BCUT2D eigenvalue weighted by Crippen LogP contribution is -2.27. The largest absolute Gasteiger partial charge is 0.352 e. The zero-order valence-electron chi connectivity index (χ0n) is 9.44. The second-order valence-corrected chi connectivity index (χ2v) is 5.55. The summed E-state index contributed by atoms with van der Waals surface area (Å²) in [5, 5.41) is 4.33. The second kappa shape index (κ2) is 4.92. The fourth-order valence-electron chi connectivity index (χ4n) is 2.18. The molecule has 1 aliphatic rings. The summed E-state index contributed by atoms with van der Waals surface area (Å²) in [5.41, 5.74) is 0. The van der Waals surface area contributed by atoms with Gasteiger partial charge < -0.3 is 9.88 Å². The first kappa shape index (κ1) is 10.9. The lowest BCUT2D eigenvalue weighted by Gasteiger charge is -2.20. The molecule has 1 saturated carbocycles. The van der Waals surface area contributed by atoms with Gasteiger partial charge in [0.15, 0.2) is 0 Å². The minimum absolute atomic E-state index is 0.607. The molecule has 2 rings (SSSR count). The van der Waals surface area contributed by atoms with E-state index in [1.807, 2.05) is 24.0 Å². The molecule has 0 aliphatic heterocycles. The number of thioether (sulfide) groups is 1. The maximum Gasteiger partial charge on any atom is 0.202 e. The van der Waals surface area contributed by atoms with Crippen molar-refractivity contribution in [2.75, 3.05) is 11.1 Å². The van der Waals surface area contributed by atoms with Crippen LogP contribution < -0.4 is 5.32 Å². The number of nitrogens with one attached hydrogen (secondary N) is 1. The molecule has 1 heterocycles. The third-order valence-electron chi connectivity index (χ3n) is 2.97. The van der Waals surface area contributed by atoms with E-state index in [0.29, 0.717) is 6.04 Å². The van der Waals surface area contributed by atoms with Crippen LogP contribution in [0.2, 0.25) is 0 Å². The van der Waals surface area contributed by atoms with Crippen LogP contribution in [0.4, 0.5) is 5.95 Å². The van der Waals surface area contributed by atoms with Crippen LogP contribution in [-0.4, -0.2) is 26.6 Å². The molecule has 0 radical (unpaired) electrons. The van der Waals surface area contributed by atoms with E-state index in [-0.39, 0.29) is 0 Å². The van der Waals surface area contributed by atoms with Crippen molar-refractivity contribution in [2.45, 2.75) is 37.5 Å². The maximum atomic E-state index is 4.32. The summed E-state index contributed by atoms with van der Waals surface area (Å²) in [7, 11) is 2.03. The normalized spacial score (nSPS) is 25.7. The van der Waals surface area contributed by atoms with E-state index in [9.17, 15) is 0 Å². The van der Waals surface area contributed by atoms with Gasteiger partial charge in [-0.3, -0.25) is 0 Å². The van der Waals surface area contributed by atoms with Crippen molar-refractivity contribution in [3.05, 3.63) is 12.4 Å². The van der Waals surface area contributed by atoms with E-state index < -0.39 is 0 Å². The summed E-state index contributed by atoms with van der Waals surface area (Å²) in [5.74, 6) is 2.22. The van der Waals surface area contributed by atoms with Crippen LogP contribution in [0.25, 0.3) is 0 Å². The van der Waals surface area contributed by atoms with Crippen LogP contribution in [0, 0.1) is 0 Å².